The van der Waals surface area contributed by atoms with Crippen molar-refractivity contribution in [2.75, 3.05) is 11.4 Å². The van der Waals surface area contributed by atoms with E-state index < -0.39 is 18.7 Å². The number of rotatable bonds is 5. The van der Waals surface area contributed by atoms with E-state index in [1.807, 2.05) is 25.1 Å². The lowest BCUT2D eigenvalue weighted by Gasteiger charge is -2.20. The molecule has 0 aliphatic carbocycles. The number of thiophene rings is 1. The van der Waals surface area contributed by atoms with Gasteiger partial charge in [0.25, 0.3) is 5.91 Å². The summed E-state index contributed by atoms with van der Waals surface area (Å²) in [5, 5.41) is 3.67. The van der Waals surface area contributed by atoms with Crippen molar-refractivity contribution in [3.05, 3.63) is 59.1 Å². The molecule has 27 heavy (non-hydrogen) atoms. The van der Waals surface area contributed by atoms with Gasteiger partial charge in [-0.25, -0.2) is 9.07 Å². The van der Waals surface area contributed by atoms with E-state index in [0.717, 1.165) is 23.1 Å². The van der Waals surface area contributed by atoms with Crippen LogP contribution in [0.15, 0.2) is 48.5 Å². The van der Waals surface area contributed by atoms with Gasteiger partial charge in [-0.3, -0.25) is 4.79 Å². The van der Waals surface area contributed by atoms with Crippen molar-refractivity contribution in [3.8, 4) is 10.6 Å². The summed E-state index contributed by atoms with van der Waals surface area (Å²) < 4.78 is 52.0. The summed E-state index contributed by atoms with van der Waals surface area (Å²) in [6.45, 7) is 0.881. The topological polar surface area (TPSA) is 38.1 Å². The van der Waals surface area contributed by atoms with E-state index >= 15 is 0 Å². The van der Waals surface area contributed by atoms with E-state index in [0.29, 0.717) is 16.3 Å². The van der Waals surface area contributed by atoms with Crippen molar-refractivity contribution in [2.45, 2.75) is 19.9 Å². The van der Waals surface area contributed by atoms with Gasteiger partial charge in [0.15, 0.2) is 6.80 Å². The predicted molar refractivity (Wildman–Crippen MR) is 95.4 cm³/mol. The molecule has 0 saturated carbocycles. The summed E-state index contributed by atoms with van der Waals surface area (Å²) in [7, 11) is 0. The molecule has 0 bridgehead atoms. The molecule has 2 aromatic heterocycles. The Kier molecular flexibility index (Phi) is 5.31. The molecule has 0 aliphatic heterocycles. The second-order valence-corrected chi connectivity index (χ2v) is 6.66. The second kappa shape index (κ2) is 7.51. The summed E-state index contributed by atoms with van der Waals surface area (Å²) in [5.74, 6) is -0.263. The fraction of sp³-hybridized carbons (Fsp3) is 0.222. The molecule has 1 amide bonds. The molecule has 9 heteroatoms. The largest absolute Gasteiger partial charge is 0.433 e. The number of nitrogens with zero attached hydrogens (tertiary/aromatic N) is 3. The molecule has 0 saturated heterocycles. The van der Waals surface area contributed by atoms with Crippen LogP contribution in [-0.4, -0.2) is 22.2 Å². The maximum Gasteiger partial charge on any atom is 0.433 e. The first-order valence-electron chi connectivity index (χ1n) is 8.03. The fourth-order valence-corrected chi connectivity index (χ4v) is 3.54. The van der Waals surface area contributed by atoms with E-state index in [4.69, 9.17) is 0 Å². The minimum atomic E-state index is -4.71. The number of benzene rings is 1. The molecular weight excluding hydrogens is 382 g/mol. The lowest BCUT2D eigenvalue weighted by molar-refractivity contribution is -0.145. The molecule has 142 valence electrons. The molecule has 0 unspecified atom stereocenters. The van der Waals surface area contributed by atoms with Crippen LogP contribution in [0.2, 0.25) is 0 Å². The highest BCUT2D eigenvalue weighted by Crippen LogP contribution is 2.35. The van der Waals surface area contributed by atoms with E-state index in [1.165, 1.54) is 12.1 Å². The highest BCUT2D eigenvalue weighted by Gasteiger charge is 2.36. The Hall–Kier alpha value is -2.68. The SMILES string of the molecule is CCN(C(=O)c1ccc(-c2cc(C(F)(F)F)n(CF)n2)s1)c1ccccc1. The summed E-state index contributed by atoms with van der Waals surface area (Å²) in [6.07, 6.45) is -4.71. The highest BCUT2D eigenvalue weighted by molar-refractivity contribution is 7.17. The maximum absolute atomic E-state index is 13.0. The van der Waals surface area contributed by atoms with Gasteiger partial charge in [0.1, 0.15) is 11.4 Å². The quantitative estimate of drug-likeness (QED) is 0.554. The molecule has 0 fully saturated rings. The van der Waals surface area contributed by atoms with Gasteiger partial charge in [0, 0.05) is 12.2 Å². The lowest BCUT2D eigenvalue weighted by Crippen LogP contribution is -2.29. The van der Waals surface area contributed by atoms with E-state index in [9.17, 15) is 22.4 Å². The Labute approximate surface area is 156 Å². The average molecular weight is 397 g/mol. The molecule has 0 aliphatic rings. The van der Waals surface area contributed by atoms with Gasteiger partial charge < -0.3 is 4.90 Å². The second-order valence-electron chi connectivity index (χ2n) is 5.58. The van der Waals surface area contributed by atoms with Crippen LogP contribution >= 0.6 is 11.3 Å². The Balaban J connectivity index is 1.91. The van der Waals surface area contributed by atoms with Crippen molar-refractivity contribution in [1.29, 1.82) is 0 Å². The number of aromatic nitrogens is 2. The van der Waals surface area contributed by atoms with Gasteiger partial charge in [0.05, 0.1) is 9.75 Å². The van der Waals surface area contributed by atoms with Crippen molar-refractivity contribution in [1.82, 2.24) is 9.78 Å². The van der Waals surface area contributed by atoms with Gasteiger partial charge in [0.2, 0.25) is 0 Å². The van der Waals surface area contributed by atoms with Gasteiger partial charge in [-0.2, -0.15) is 18.3 Å². The number of hydrogen-bond donors (Lipinski definition) is 0. The molecule has 0 atom stereocenters. The van der Waals surface area contributed by atoms with E-state index in [2.05, 4.69) is 5.10 Å². The fourth-order valence-electron chi connectivity index (χ4n) is 2.63. The van der Waals surface area contributed by atoms with Crippen LogP contribution in [-0.2, 0) is 13.0 Å². The number of carbonyl (C=O) groups is 1. The molecule has 2 heterocycles. The van der Waals surface area contributed by atoms with Crippen LogP contribution in [0.4, 0.5) is 23.2 Å². The highest BCUT2D eigenvalue weighted by atomic mass is 32.1. The number of para-hydroxylation sites is 1. The van der Waals surface area contributed by atoms with Gasteiger partial charge in [-0.15, -0.1) is 11.3 Å². The van der Waals surface area contributed by atoms with Gasteiger partial charge >= 0.3 is 6.18 Å². The first kappa shape index (κ1) is 19.1. The number of alkyl halides is 4. The molecule has 1 aromatic carbocycles. The summed E-state index contributed by atoms with van der Waals surface area (Å²) >= 11 is 1.02. The zero-order valence-corrected chi connectivity index (χ0v) is 15.0. The zero-order valence-electron chi connectivity index (χ0n) is 14.2. The molecule has 3 rings (SSSR count). The monoisotopic (exact) mass is 397 g/mol. The van der Waals surface area contributed by atoms with Crippen LogP contribution in [0.5, 0.6) is 0 Å². The molecular formula is C18H15F4N3OS. The van der Waals surface area contributed by atoms with Gasteiger partial charge in [-0.1, -0.05) is 18.2 Å². The molecule has 4 nitrogen and oxygen atoms in total. The van der Waals surface area contributed by atoms with Crippen molar-refractivity contribution < 1.29 is 22.4 Å². The van der Waals surface area contributed by atoms with Crippen molar-refractivity contribution in [2.24, 2.45) is 0 Å². The Morgan fingerprint density at radius 3 is 2.44 bits per heavy atom. The first-order valence-corrected chi connectivity index (χ1v) is 8.85. The van der Waals surface area contributed by atoms with Crippen molar-refractivity contribution in [3.63, 3.8) is 0 Å². The smallest absolute Gasteiger partial charge is 0.308 e. The van der Waals surface area contributed by atoms with Crippen LogP contribution in [0.25, 0.3) is 10.6 Å². The Morgan fingerprint density at radius 2 is 1.89 bits per heavy atom. The number of halogens is 4. The molecule has 0 spiro atoms. The predicted octanol–water partition coefficient (Wildman–Crippen LogP) is 5.22. The lowest BCUT2D eigenvalue weighted by atomic mass is 10.2. The van der Waals surface area contributed by atoms with E-state index in [-0.39, 0.29) is 16.3 Å². The average Bonchev–Trinajstić information content (AvgIpc) is 3.29. The van der Waals surface area contributed by atoms with Crippen molar-refractivity contribution >= 4 is 22.9 Å². The van der Waals surface area contributed by atoms with Crippen LogP contribution in [0.3, 0.4) is 0 Å². The number of hydrogen-bond acceptors (Lipinski definition) is 3. The third kappa shape index (κ3) is 3.87. The number of carbonyl (C=O) groups excluding carboxylic acids is 1. The molecule has 0 N–H and O–H groups in total. The first-order chi connectivity index (χ1) is 12.8. The standard InChI is InChI=1S/C18H15F4N3OS/c1-2-24(12-6-4-3-5-7-12)17(26)15-9-8-14(27-15)13-10-16(18(20,21)22)25(11-19)23-13/h3-10H,2,11H2,1H3. The van der Waals surface area contributed by atoms with Crippen LogP contribution < -0.4 is 4.90 Å². The van der Waals surface area contributed by atoms with Crippen LogP contribution in [0.1, 0.15) is 22.3 Å². The normalized spacial score (nSPS) is 11.6. The third-order valence-electron chi connectivity index (χ3n) is 3.88. The Bertz CT molecular complexity index is 934. The summed E-state index contributed by atoms with van der Waals surface area (Å²) in [5.41, 5.74) is -0.464. The number of anilines is 1. The zero-order chi connectivity index (χ0) is 19.6. The summed E-state index contributed by atoms with van der Waals surface area (Å²) in [6, 6.07) is 12.9. The minimum Gasteiger partial charge on any atom is -0.308 e. The van der Waals surface area contributed by atoms with Crippen LogP contribution in [0, 0.1) is 0 Å². The molecule has 0 radical (unpaired) electrons. The third-order valence-corrected chi connectivity index (χ3v) is 4.98. The Morgan fingerprint density at radius 1 is 1.19 bits per heavy atom. The molecule has 3 aromatic rings. The maximum atomic E-state index is 13.0. The minimum absolute atomic E-state index is 0.0215. The van der Waals surface area contributed by atoms with E-state index in [1.54, 1.807) is 17.0 Å². The van der Waals surface area contributed by atoms with Gasteiger partial charge in [-0.05, 0) is 37.3 Å². The number of amides is 1. The summed E-state index contributed by atoms with van der Waals surface area (Å²) in [4.78, 5) is 15.1.